The second-order valence-corrected chi connectivity index (χ2v) is 6.13. The number of rotatable bonds is 4. The van der Waals surface area contributed by atoms with Crippen molar-refractivity contribution in [3.05, 3.63) is 0 Å². The highest BCUT2D eigenvalue weighted by Gasteiger charge is 2.17. The van der Waals surface area contributed by atoms with Crippen molar-refractivity contribution in [2.24, 2.45) is 5.41 Å². The smallest absolute Gasteiger partial charge is 0.0683 e. The molecule has 0 aromatic carbocycles. The van der Waals surface area contributed by atoms with Crippen LogP contribution in [0.15, 0.2) is 0 Å². The Labute approximate surface area is 98.0 Å². The maximum Gasteiger partial charge on any atom is 0.0683 e. The van der Waals surface area contributed by atoms with Gasteiger partial charge in [-0.05, 0) is 52.0 Å². The van der Waals surface area contributed by atoms with Gasteiger partial charge in [0, 0.05) is 12.3 Å². The Hall–Kier alpha value is -0.200. The molecule has 15 heavy (non-hydrogen) atoms. The van der Waals surface area contributed by atoms with E-state index in [-0.39, 0.29) is 5.41 Å². The lowest BCUT2D eigenvalue weighted by Gasteiger charge is -2.21. The molecule has 0 amide bonds. The standard InChI is InChI=1S/C12H22N2S/c1-12(2,11-13)5-3-6-14-7-4-9-15-10-8-14/h3-10H2,1-2H3. The molecule has 86 valence electrons. The van der Waals surface area contributed by atoms with E-state index in [1.165, 1.54) is 37.6 Å². The third-order valence-corrected chi connectivity index (χ3v) is 3.94. The molecule has 0 N–H and O–H groups in total. The van der Waals surface area contributed by atoms with Crippen LogP contribution in [0.2, 0.25) is 0 Å². The minimum absolute atomic E-state index is 0.138. The van der Waals surface area contributed by atoms with Gasteiger partial charge >= 0.3 is 0 Å². The summed E-state index contributed by atoms with van der Waals surface area (Å²) in [6.07, 6.45) is 3.50. The number of nitriles is 1. The highest BCUT2D eigenvalue weighted by atomic mass is 32.2. The van der Waals surface area contributed by atoms with Crippen LogP contribution in [0.1, 0.15) is 33.1 Å². The van der Waals surface area contributed by atoms with E-state index in [2.05, 4.69) is 22.7 Å². The fourth-order valence-electron chi connectivity index (χ4n) is 1.82. The number of hydrogen-bond donors (Lipinski definition) is 0. The second-order valence-electron chi connectivity index (χ2n) is 4.91. The minimum Gasteiger partial charge on any atom is -0.302 e. The quantitative estimate of drug-likeness (QED) is 0.737. The van der Waals surface area contributed by atoms with Crippen LogP contribution in [0.3, 0.4) is 0 Å². The maximum atomic E-state index is 8.91. The summed E-state index contributed by atoms with van der Waals surface area (Å²) in [6, 6.07) is 2.37. The van der Waals surface area contributed by atoms with E-state index in [0.29, 0.717) is 0 Å². The Morgan fingerprint density at radius 2 is 2.13 bits per heavy atom. The molecule has 0 saturated carbocycles. The molecule has 0 aromatic rings. The average Bonchev–Trinajstić information content (AvgIpc) is 2.46. The summed E-state index contributed by atoms with van der Waals surface area (Å²) in [5.74, 6) is 2.60. The third-order valence-electron chi connectivity index (χ3n) is 2.89. The zero-order chi connectivity index (χ0) is 11.1. The van der Waals surface area contributed by atoms with Crippen LogP contribution in [0.4, 0.5) is 0 Å². The maximum absolute atomic E-state index is 8.91. The monoisotopic (exact) mass is 226 g/mol. The van der Waals surface area contributed by atoms with Crippen molar-refractivity contribution >= 4 is 11.8 Å². The van der Waals surface area contributed by atoms with Crippen LogP contribution >= 0.6 is 11.8 Å². The summed E-state index contributed by atoms with van der Waals surface area (Å²) >= 11 is 2.07. The van der Waals surface area contributed by atoms with Gasteiger partial charge in [0.1, 0.15) is 0 Å². The fourth-order valence-corrected chi connectivity index (χ4v) is 2.75. The Kier molecular flexibility index (Phi) is 5.49. The van der Waals surface area contributed by atoms with Crippen molar-refractivity contribution in [2.45, 2.75) is 33.1 Å². The predicted molar refractivity (Wildman–Crippen MR) is 67.0 cm³/mol. The van der Waals surface area contributed by atoms with Gasteiger partial charge in [-0.2, -0.15) is 17.0 Å². The zero-order valence-corrected chi connectivity index (χ0v) is 10.8. The molecule has 3 heteroatoms. The van der Waals surface area contributed by atoms with Crippen LogP contribution in [0, 0.1) is 16.7 Å². The number of thioether (sulfide) groups is 1. The van der Waals surface area contributed by atoms with Crippen LogP contribution in [-0.4, -0.2) is 36.0 Å². The highest BCUT2D eigenvalue weighted by Crippen LogP contribution is 2.21. The van der Waals surface area contributed by atoms with Gasteiger partial charge < -0.3 is 4.90 Å². The van der Waals surface area contributed by atoms with Crippen LogP contribution in [-0.2, 0) is 0 Å². The van der Waals surface area contributed by atoms with Crippen LogP contribution in [0.25, 0.3) is 0 Å². The first kappa shape index (κ1) is 12.9. The van der Waals surface area contributed by atoms with Crippen molar-refractivity contribution in [1.82, 2.24) is 4.90 Å². The van der Waals surface area contributed by atoms with E-state index in [1.807, 2.05) is 13.8 Å². The SMILES string of the molecule is CC(C)(C#N)CCCN1CCCSCC1. The van der Waals surface area contributed by atoms with Crippen LogP contribution < -0.4 is 0 Å². The highest BCUT2D eigenvalue weighted by molar-refractivity contribution is 7.99. The summed E-state index contributed by atoms with van der Waals surface area (Å²) in [7, 11) is 0. The summed E-state index contributed by atoms with van der Waals surface area (Å²) < 4.78 is 0. The third kappa shape index (κ3) is 5.44. The molecular formula is C12H22N2S. The lowest BCUT2D eigenvalue weighted by atomic mass is 9.90. The van der Waals surface area contributed by atoms with E-state index in [4.69, 9.17) is 5.26 Å². The molecule has 1 heterocycles. The lowest BCUT2D eigenvalue weighted by Crippen LogP contribution is -2.27. The molecule has 0 radical (unpaired) electrons. The Balaban J connectivity index is 2.16. The van der Waals surface area contributed by atoms with Gasteiger partial charge in [-0.3, -0.25) is 0 Å². The van der Waals surface area contributed by atoms with Gasteiger partial charge in [0.25, 0.3) is 0 Å². The molecular weight excluding hydrogens is 204 g/mol. The minimum atomic E-state index is -0.138. The van der Waals surface area contributed by atoms with E-state index in [9.17, 15) is 0 Å². The van der Waals surface area contributed by atoms with Crippen molar-refractivity contribution in [1.29, 1.82) is 5.26 Å². The molecule has 0 unspecified atom stereocenters. The number of hydrogen-bond acceptors (Lipinski definition) is 3. The summed E-state index contributed by atoms with van der Waals surface area (Å²) in [5, 5.41) is 8.91. The first-order valence-electron chi connectivity index (χ1n) is 5.85. The Bertz CT molecular complexity index is 212. The molecule has 0 atom stereocenters. The fraction of sp³-hybridized carbons (Fsp3) is 0.917. The van der Waals surface area contributed by atoms with E-state index >= 15 is 0 Å². The van der Waals surface area contributed by atoms with Gasteiger partial charge in [0.05, 0.1) is 11.5 Å². The zero-order valence-electron chi connectivity index (χ0n) is 9.96. The molecule has 0 aliphatic carbocycles. The normalized spacial score (nSPS) is 19.5. The van der Waals surface area contributed by atoms with Crippen molar-refractivity contribution in [3.8, 4) is 6.07 Å². The largest absolute Gasteiger partial charge is 0.302 e. The average molecular weight is 226 g/mol. The van der Waals surface area contributed by atoms with E-state index in [1.54, 1.807) is 0 Å². The Morgan fingerprint density at radius 1 is 1.33 bits per heavy atom. The van der Waals surface area contributed by atoms with Gasteiger partial charge in [-0.1, -0.05) is 0 Å². The molecule has 1 aliphatic heterocycles. The Morgan fingerprint density at radius 3 is 2.87 bits per heavy atom. The van der Waals surface area contributed by atoms with E-state index in [0.717, 1.165) is 12.8 Å². The van der Waals surface area contributed by atoms with Gasteiger partial charge in [0.15, 0.2) is 0 Å². The summed E-state index contributed by atoms with van der Waals surface area (Å²) in [5.41, 5.74) is -0.138. The topological polar surface area (TPSA) is 27.0 Å². The van der Waals surface area contributed by atoms with Gasteiger partial charge in [-0.25, -0.2) is 0 Å². The van der Waals surface area contributed by atoms with Crippen LogP contribution in [0.5, 0.6) is 0 Å². The number of nitrogens with zero attached hydrogens (tertiary/aromatic N) is 2. The van der Waals surface area contributed by atoms with Crippen molar-refractivity contribution in [3.63, 3.8) is 0 Å². The van der Waals surface area contributed by atoms with Gasteiger partial charge in [0.2, 0.25) is 0 Å². The molecule has 1 aliphatic rings. The predicted octanol–water partition coefficient (Wildman–Crippen LogP) is 2.76. The molecule has 1 fully saturated rings. The molecule has 2 nitrogen and oxygen atoms in total. The van der Waals surface area contributed by atoms with Crippen molar-refractivity contribution in [2.75, 3.05) is 31.1 Å². The first-order valence-corrected chi connectivity index (χ1v) is 7.01. The second kappa shape index (κ2) is 6.40. The van der Waals surface area contributed by atoms with E-state index < -0.39 is 0 Å². The summed E-state index contributed by atoms with van der Waals surface area (Å²) in [4.78, 5) is 2.55. The molecule has 1 saturated heterocycles. The molecule has 0 bridgehead atoms. The summed E-state index contributed by atoms with van der Waals surface area (Å²) in [6.45, 7) is 7.72. The lowest BCUT2D eigenvalue weighted by molar-refractivity contribution is 0.274. The molecule has 0 spiro atoms. The van der Waals surface area contributed by atoms with Crippen molar-refractivity contribution < 1.29 is 0 Å². The molecule has 0 aromatic heterocycles. The van der Waals surface area contributed by atoms with Gasteiger partial charge in [-0.15, -0.1) is 0 Å². The first-order chi connectivity index (χ1) is 7.14. The molecule has 1 rings (SSSR count).